The molecular formula is C16H17NO5. The van der Waals surface area contributed by atoms with Gasteiger partial charge in [-0.1, -0.05) is 30.3 Å². The molecule has 0 unspecified atom stereocenters. The van der Waals surface area contributed by atoms with Gasteiger partial charge >= 0.3 is 12.1 Å². The number of aliphatic carboxylic acids is 1. The van der Waals surface area contributed by atoms with Crippen molar-refractivity contribution in [3.8, 4) is 0 Å². The summed E-state index contributed by atoms with van der Waals surface area (Å²) in [4.78, 5) is 22.7. The van der Waals surface area contributed by atoms with E-state index in [2.05, 4.69) is 5.32 Å². The molecule has 0 radical (unpaired) electrons. The van der Waals surface area contributed by atoms with E-state index in [4.69, 9.17) is 14.3 Å². The minimum atomic E-state index is -1.04. The van der Waals surface area contributed by atoms with Crippen molar-refractivity contribution in [2.75, 3.05) is 0 Å². The van der Waals surface area contributed by atoms with Crippen LogP contribution in [0, 0.1) is 6.92 Å². The van der Waals surface area contributed by atoms with Gasteiger partial charge in [0.25, 0.3) is 0 Å². The second-order valence-electron chi connectivity index (χ2n) is 4.80. The molecule has 0 aliphatic heterocycles. The van der Waals surface area contributed by atoms with Crippen LogP contribution in [0.5, 0.6) is 0 Å². The zero-order valence-corrected chi connectivity index (χ0v) is 12.1. The predicted molar refractivity (Wildman–Crippen MR) is 78.2 cm³/mol. The van der Waals surface area contributed by atoms with Crippen molar-refractivity contribution in [2.24, 2.45) is 0 Å². The van der Waals surface area contributed by atoms with Crippen molar-refractivity contribution in [2.45, 2.75) is 26.0 Å². The normalized spacial score (nSPS) is 11.7. The molecule has 1 aromatic heterocycles. The second-order valence-corrected chi connectivity index (χ2v) is 4.80. The maximum absolute atomic E-state index is 11.8. The lowest BCUT2D eigenvalue weighted by Gasteiger charge is -2.14. The van der Waals surface area contributed by atoms with Crippen LogP contribution in [0.1, 0.15) is 29.5 Å². The monoisotopic (exact) mass is 303 g/mol. The van der Waals surface area contributed by atoms with E-state index in [9.17, 15) is 9.59 Å². The molecule has 0 saturated carbocycles. The topological polar surface area (TPSA) is 88.8 Å². The number of carboxylic acids is 1. The van der Waals surface area contributed by atoms with Gasteiger partial charge < -0.3 is 19.6 Å². The summed E-state index contributed by atoms with van der Waals surface area (Å²) in [6.45, 7) is 1.86. The predicted octanol–water partition coefficient (Wildman–Crippen LogP) is 3.03. The van der Waals surface area contributed by atoms with Gasteiger partial charge in [0.15, 0.2) is 0 Å². The number of carbonyl (C=O) groups is 2. The third-order valence-corrected chi connectivity index (χ3v) is 2.99. The summed E-state index contributed by atoms with van der Waals surface area (Å²) in [7, 11) is 0. The molecule has 22 heavy (non-hydrogen) atoms. The molecule has 6 heteroatoms. The molecule has 0 spiro atoms. The van der Waals surface area contributed by atoms with Crippen molar-refractivity contribution in [3.63, 3.8) is 0 Å². The Morgan fingerprint density at radius 2 is 1.95 bits per heavy atom. The Kier molecular flexibility index (Phi) is 5.19. The lowest BCUT2D eigenvalue weighted by molar-refractivity contribution is -0.137. The molecule has 116 valence electrons. The van der Waals surface area contributed by atoms with Crippen LogP contribution in [0.4, 0.5) is 4.79 Å². The summed E-state index contributed by atoms with van der Waals surface area (Å²) in [6.07, 6.45) is -0.975. The first-order chi connectivity index (χ1) is 10.5. The van der Waals surface area contributed by atoms with E-state index in [1.807, 2.05) is 30.3 Å². The fourth-order valence-electron chi connectivity index (χ4n) is 1.95. The average Bonchev–Trinajstić information content (AvgIpc) is 2.92. The van der Waals surface area contributed by atoms with Crippen LogP contribution in [0.25, 0.3) is 0 Å². The number of amides is 1. The molecule has 1 amide bonds. The molecule has 2 rings (SSSR count). The van der Waals surface area contributed by atoms with Crippen LogP contribution in [-0.4, -0.2) is 17.2 Å². The summed E-state index contributed by atoms with van der Waals surface area (Å²) in [6, 6.07) is 11.8. The van der Waals surface area contributed by atoms with Gasteiger partial charge in [-0.15, -0.1) is 0 Å². The third kappa shape index (κ3) is 4.66. The number of carboxylic acid groups (broad SMARTS) is 1. The Bertz CT molecular complexity index is 635. The number of alkyl carbamates (subject to hydrolysis) is 1. The van der Waals surface area contributed by atoms with Gasteiger partial charge in [-0.05, 0) is 24.6 Å². The maximum Gasteiger partial charge on any atom is 0.408 e. The molecule has 2 N–H and O–H groups in total. The van der Waals surface area contributed by atoms with Gasteiger partial charge in [0.05, 0.1) is 6.42 Å². The molecule has 0 fully saturated rings. The van der Waals surface area contributed by atoms with Gasteiger partial charge in [0, 0.05) is 0 Å². The summed E-state index contributed by atoms with van der Waals surface area (Å²) >= 11 is 0. The highest BCUT2D eigenvalue weighted by Crippen LogP contribution is 2.19. The van der Waals surface area contributed by atoms with E-state index >= 15 is 0 Å². The number of furan rings is 1. The molecule has 0 aliphatic carbocycles. The highest BCUT2D eigenvalue weighted by Gasteiger charge is 2.21. The first kappa shape index (κ1) is 15.6. The zero-order valence-electron chi connectivity index (χ0n) is 12.1. The number of nitrogens with one attached hydrogen (secondary N) is 1. The molecule has 2 aromatic rings. The van der Waals surface area contributed by atoms with Crippen LogP contribution in [0.2, 0.25) is 0 Å². The van der Waals surface area contributed by atoms with Gasteiger partial charge in [-0.3, -0.25) is 4.79 Å². The third-order valence-electron chi connectivity index (χ3n) is 2.99. The fourth-order valence-corrected chi connectivity index (χ4v) is 1.95. The van der Waals surface area contributed by atoms with E-state index in [1.54, 1.807) is 19.1 Å². The number of benzene rings is 1. The number of ether oxygens (including phenoxy) is 1. The summed E-state index contributed by atoms with van der Waals surface area (Å²) in [5.41, 5.74) is 0.848. The molecule has 0 saturated heterocycles. The first-order valence-corrected chi connectivity index (χ1v) is 6.80. The summed E-state index contributed by atoms with van der Waals surface area (Å²) in [5, 5.41) is 11.5. The van der Waals surface area contributed by atoms with E-state index in [-0.39, 0.29) is 13.0 Å². The molecule has 1 heterocycles. The van der Waals surface area contributed by atoms with Crippen molar-refractivity contribution in [3.05, 3.63) is 59.5 Å². The Morgan fingerprint density at radius 3 is 2.55 bits per heavy atom. The van der Waals surface area contributed by atoms with E-state index < -0.39 is 18.1 Å². The lowest BCUT2D eigenvalue weighted by Crippen LogP contribution is -2.30. The molecule has 6 nitrogen and oxygen atoms in total. The van der Waals surface area contributed by atoms with Gasteiger partial charge in [-0.2, -0.15) is 0 Å². The Labute approximate surface area is 127 Å². The summed E-state index contributed by atoms with van der Waals surface area (Å²) < 4.78 is 10.5. The standard InChI is InChI=1S/C16H17NO5/c1-11-7-8-14(22-11)13(9-15(18)19)17-16(20)21-10-12-5-3-2-4-6-12/h2-8,13H,9-10H2,1H3,(H,17,20)(H,18,19)/t13-/m0/s1. The lowest BCUT2D eigenvalue weighted by atomic mass is 10.1. The number of hydrogen-bond donors (Lipinski definition) is 2. The number of rotatable bonds is 6. The van der Waals surface area contributed by atoms with Crippen LogP contribution in [0.15, 0.2) is 46.9 Å². The highest BCUT2D eigenvalue weighted by atomic mass is 16.5. The maximum atomic E-state index is 11.8. The Balaban J connectivity index is 1.94. The van der Waals surface area contributed by atoms with Crippen molar-refractivity contribution in [1.82, 2.24) is 5.32 Å². The number of hydrogen-bond acceptors (Lipinski definition) is 4. The minimum Gasteiger partial charge on any atom is -0.481 e. The van der Waals surface area contributed by atoms with Gasteiger partial charge in [0.2, 0.25) is 0 Å². The van der Waals surface area contributed by atoms with E-state index in [0.29, 0.717) is 11.5 Å². The molecule has 0 bridgehead atoms. The molecule has 0 aliphatic rings. The van der Waals surface area contributed by atoms with Gasteiger partial charge in [0.1, 0.15) is 24.2 Å². The molecule has 1 aromatic carbocycles. The van der Waals surface area contributed by atoms with Crippen molar-refractivity contribution >= 4 is 12.1 Å². The SMILES string of the molecule is Cc1ccc([C@H](CC(=O)O)NC(=O)OCc2ccccc2)o1. The van der Waals surface area contributed by atoms with E-state index in [0.717, 1.165) is 5.56 Å². The van der Waals surface area contributed by atoms with Crippen LogP contribution >= 0.6 is 0 Å². The smallest absolute Gasteiger partial charge is 0.408 e. The summed E-state index contributed by atoms with van der Waals surface area (Å²) in [5.74, 6) is -0.0104. The first-order valence-electron chi connectivity index (χ1n) is 6.80. The van der Waals surface area contributed by atoms with E-state index in [1.165, 1.54) is 0 Å². The average molecular weight is 303 g/mol. The number of carbonyl (C=O) groups excluding carboxylic acids is 1. The Hall–Kier alpha value is -2.76. The zero-order chi connectivity index (χ0) is 15.9. The van der Waals surface area contributed by atoms with Gasteiger partial charge in [-0.25, -0.2) is 4.79 Å². The molecular weight excluding hydrogens is 286 g/mol. The quantitative estimate of drug-likeness (QED) is 0.856. The minimum absolute atomic E-state index is 0.115. The molecule has 1 atom stereocenters. The van der Waals surface area contributed by atoms with Crippen LogP contribution < -0.4 is 5.32 Å². The Morgan fingerprint density at radius 1 is 1.23 bits per heavy atom. The number of aryl methyl sites for hydroxylation is 1. The van der Waals surface area contributed by atoms with Crippen LogP contribution in [0.3, 0.4) is 0 Å². The van der Waals surface area contributed by atoms with Crippen molar-refractivity contribution < 1.29 is 23.8 Å². The largest absolute Gasteiger partial charge is 0.481 e. The van der Waals surface area contributed by atoms with Crippen LogP contribution in [-0.2, 0) is 16.1 Å². The highest BCUT2D eigenvalue weighted by molar-refractivity contribution is 5.71. The van der Waals surface area contributed by atoms with Crippen molar-refractivity contribution in [1.29, 1.82) is 0 Å². The second kappa shape index (κ2) is 7.31. The fraction of sp³-hybridized carbons (Fsp3) is 0.250.